The van der Waals surface area contributed by atoms with E-state index < -0.39 is 21.8 Å². The molecule has 0 fully saturated rings. The number of amides is 1. The topological polar surface area (TPSA) is 63.2 Å². The number of nitrogens with one attached hydrogen (secondary N) is 1. The van der Waals surface area contributed by atoms with Crippen LogP contribution in [0.15, 0.2) is 30.3 Å². The number of benzene rings is 1. The molecule has 0 aliphatic carbocycles. The Kier molecular flexibility index (Phi) is 4.06. The van der Waals surface area contributed by atoms with Gasteiger partial charge >= 0.3 is 0 Å². The number of hydrogen-bond donors (Lipinski definition) is 1. The molecule has 1 atom stereocenters. The van der Waals surface area contributed by atoms with Crippen LogP contribution in [0.4, 0.5) is 0 Å². The molecule has 0 saturated heterocycles. The van der Waals surface area contributed by atoms with E-state index >= 15 is 0 Å². The van der Waals surface area contributed by atoms with Crippen molar-refractivity contribution in [3.8, 4) is 0 Å². The average molecular weight is 241 g/mol. The number of carbonyl (C=O) groups is 1. The first-order valence-electron chi connectivity index (χ1n) is 5.00. The lowest BCUT2D eigenvalue weighted by molar-refractivity contribution is -0.120. The van der Waals surface area contributed by atoms with Gasteiger partial charge in [0, 0.05) is 0 Å². The third-order valence-electron chi connectivity index (χ3n) is 2.21. The van der Waals surface area contributed by atoms with Crippen molar-refractivity contribution in [2.75, 3.05) is 6.26 Å². The molecular formula is C11H15NO3S. The zero-order chi connectivity index (χ0) is 12.2. The van der Waals surface area contributed by atoms with E-state index in [-0.39, 0.29) is 0 Å². The van der Waals surface area contributed by atoms with Gasteiger partial charge < -0.3 is 0 Å². The molecule has 0 spiro atoms. The number of sulfonamides is 1. The molecule has 0 bridgehead atoms. The molecule has 0 aliphatic rings. The lowest BCUT2D eigenvalue weighted by atomic mass is 9.96. The standard InChI is InChI=1S/C11H15NO3S/c1-3-10(9-7-5-4-6-8-9)11(13)12-16(2,14)15/h4-8,10H,3H2,1-2H3,(H,12,13). The molecule has 1 amide bonds. The first-order valence-corrected chi connectivity index (χ1v) is 6.89. The second-order valence-corrected chi connectivity index (χ2v) is 5.36. The molecule has 0 saturated carbocycles. The van der Waals surface area contributed by atoms with Gasteiger partial charge in [0.1, 0.15) is 0 Å². The molecule has 1 unspecified atom stereocenters. The van der Waals surface area contributed by atoms with E-state index in [0.29, 0.717) is 6.42 Å². The van der Waals surface area contributed by atoms with Crippen molar-refractivity contribution in [2.45, 2.75) is 19.3 Å². The summed E-state index contributed by atoms with van der Waals surface area (Å²) < 4.78 is 23.9. The molecule has 0 aliphatic heterocycles. The lowest BCUT2D eigenvalue weighted by Gasteiger charge is -2.14. The number of carbonyl (C=O) groups excluding carboxylic acids is 1. The Bertz CT molecular complexity index is 453. The fourth-order valence-corrected chi connectivity index (χ4v) is 2.02. The second kappa shape index (κ2) is 5.12. The van der Waals surface area contributed by atoms with E-state index in [4.69, 9.17) is 0 Å². The highest BCUT2D eigenvalue weighted by atomic mass is 32.2. The van der Waals surface area contributed by atoms with Crippen molar-refractivity contribution < 1.29 is 13.2 Å². The van der Waals surface area contributed by atoms with Crippen LogP contribution in [0.5, 0.6) is 0 Å². The Hall–Kier alpha value is -1.36. The van der Waals surface area contributed by atoms with Crippen LogP contribution in [0.3, 0.4) is 0 Å². The maximum Gasteiger partial charge on any atom is 0.240 e. The quantitative estimate of drug-likeness (QED) is 0.863. The average Bonchev–Trinajstić information content (AvgIpc) is 2.17. The Morgan fingerprint density at radius 2 is 1.88 bits per heavy atom. The van der Waals surface area contributed by atoms with Gasteiger partial charge in [-0.15, -0.1) is 0 Å². The third kappa shape index (κ3) is 3.66. The van der Waals surface area contributed by atoms with Gasteiger partial charge in [-0.3, -0.25) is 9.52 Å². The van der Waals surface area contributed by atoms with Gasteiger partial charge in [0.15, 0.2) is 0 Å². The van der Waals surface area contributed by atoms with Crippen LogP contribution in [0.2, 0.25) is 0 Å². The largest absolute Gasteiger partial charge is 0.273 e. The smallest absolute Gasteiger partial charge is 0.240 e. The van der Waals surface area contributed by atoms with Gasteiger partial charge in [0.25, 0.3) is 0 Å². The minimum atomic E-state index is -3.49. The van der Waals surface area contributed by atoms with E-state index in [1.165, 1.54) is 0 Å². The second-order valence-electron chi connectivity index (χ2n) is 3.61. The highest BCUT2D eigenvalue weighted by molar-refractivity contribution is 7.89. The van der Waals surface area contributed by atoms with Crippen LogP contribution in [0.25, 0.3) is 0 Å². The highest BCUT2D eigenvalue weighted by Crippen LogP contribution is 2.19. The molecule has 0 heterocycles. The summed E-state index contributed by atoms with van der Waals surface area (Å²) >= 11 is 0. The molecule has 5 heteroatoms. The number of rotatable bonds is 4. The molecule has 16 heavy (non-hydrogen) atoms. The van der Waals surface area contributed by atoms with E-state index in [9.17, 15) is 13.2 Å². The van der Waals surface area contributed by atoms with Crippen LogP contribution in [-0.2, 0) is 14.8 Å². The van der Waals surface area contributed by atoms with Gasteiger partial charge in [-0.1, -0.05) is 37.3 Å². The fraction of sp³-hybridized carbons (Fsp3) is 0.364. The Morgan fingerprint density at radius 1 is 1.31 bits per heavy atom. The van der Waals surface area contributed by atoms with Crippen molar-refractivity contribution >= 4 is 15.9 Å². The van der Waals surface area contributed by atoms with Gasteiger partial charge in [-0.25, -0.2) is 8.42 Å². The van der Waals surface area contributed by atoms with E-state index in [2.05, 4.69) is 0 Å². The van der Waals surface area contributed by atoms with Crippen molar-refractivity contribution in [3.63, 3.8) is 0 Å². The highest BCUT2D eigenvalue weighted by Gasteiger charge is 2.20. The molecule has 1 rings (SSSR count). The van der Waals surface area contributed by atoms with Crippen molar-refractivity contribution in [1.29, 1.82) is 0 Å². The monoisotopic (exact) mass is 241 g/mol. The maximum absolute atomic E-state index is 11.7. The van der Waals surface area contributed by atoms with Crippen molar-refractivity contribution in [2.24, 2.45) is 0 Å². The van der Waals surface area contributed by atoms with Gasteiger partial charge in [0.05, 0.1) is 12.2 Å². The summed E-state index contributed by atoms with van der Waals surface area (Å²) in [5.74, 6) is -0.896. The summed E-state index contributed by atoms with van der Waals surface area (Å²) in [4.78, 5) is 11.7. The number of hydrogen-bond acceptors (Lipinski definition) is 3. The zero-order valence-corrected chi connectivity index (χ0v) is 10.1. The van der Waals surface area contributed by atoms with E-state index in [1.807, 2.05) is 42.0 Å². The summed E-state index contributed by atoms with van der Waals surface area (Å²) in [6, 6.07) is 9.13. The minimum Gasteiger partial charge on any atom is -0.273 e. The fourth-order valence-electron chi connectivity index (χ4n) is 1.51. The molecule has 88 valence electrons. The maximum atomic E-state index is 11.7. The Morgan fingerprint density at radius 3 is 2.31 bits per heavy atom. The summed E-state index contributed by atoms with van der Waals surface area (Å²) in [7, 11) is -3.49. The minimum absolute atomic E-state index is 0.420. The predicted octanol–water partition coefficient (Wildman–Crippen LogP) is 1.26. The summed E-state index contributed by atoms with van der Waals surface area (Å²) in [5, 5.41) is 0. The molecule has 1 N–H and O–H groups in total. The van der Waals surface area contributed by atoms with Crippen LogP contribution in [0, 0.1) is 0 Å². The first-order chi connectivity index (χ1) is 7.44. The van der Waals surface area contributed by atoms with Gasteiger partial charge in [-0.05, 0) is 12.0 Å². The first kappa shape index (κ1) is 12.7. The van der Waals surface area contributed by atoms with E-state index in [0.717, 1.165) is 11.8 Å². The van der Waals surface area contributed by atoms with Crippen LogP contribution in [-0.4, -0.2) is 20.6 Å². The van der Waals surface area contributed by atoms with Crippen LogP contribution < -0.4 is 4.72 Å². The van der Waals surface area contributed by atoms with Crippen LogP contribution in [0.1, 0.15) is 24.8 Å². The molecule has 1 aromatic carbocycles. The molecule has 0 aromatic heterocycles. The molecular weight excluding hydrogens is 226 g/mol. The molecule has 4 nitrogen and oxygen atoms in total. The third-order valence-corrected chi connectivity index (χ3v) is 2.78. The van der Waals surface area contributed by atoms with Gasteiger partial charge in [0.2, 0.25) is 15.9 Å². The van der Waals surface area contributed by atoms with Crippen molar-refractivity contribution in [3.05, 3.63) is 35.9 Å². The molecule has 0 radical (unpaired) electrons. The summed E-state index contributed by atoms with van der Waals surface area (Å²) in [6.07, 6.45) is 1.54. The Labute approximate surface area is 95.7 Å². The lowest BCUT2D eigenvalue weighted by Crippen LogP contribution is -2.33. The van der Waals surface area contributed by atoms with E-state index in [1.54, 1.807) is 0 Å². The van der Waals surface area contributed by atoms with Crippen molar-refractivity contribution in [1.82, 2.24) is 4.72 Å². The molecule has 1 aromatic rings. The SMILES string of the molecule is CCC(C(=O)NS(C)(=O)=O)c1ccccc1. The zero-order valence-electron chi connectivity index (χ0n) is 9.30. The Balaban J connectivity index is 2.88. The summed E-state index contributed by atoms with van der Waals surface area (Å²) in [5.41, 5.74) is 0.825. The normalized spacial score (nSPS) is 13.1. The van der Waals surface area contributed by atoms with Crippen LogP contribution >= 0.6 is 0 Å². The summed E-state index contributed by atoms with van der Waals surface area (Å²) in [6.45, 7) is 1.85. The predicted molar refractivity (Wildman–Crippen MR) is 62.5 cm³/mol. The van der Waals surface area contributed by atoms with Gasteiger partial charge in [-0.2, -0.15) is 0 Å².